The Labute approximate surface area is 329 Å². The second-order valence-corrected chi connectivity index (χ2v) is 16.9. The first-order valence-electron chi connectivity index (χ1n) is 18.5. The molecule has 0 saturated heterocycles. The quantitative estimate of drug-likeness (QED) is 0.0613. The van der Waals surface area contributed by atoms with Gasteiger partial charge in [0.05, 0.1) is 65.3 Å². The minimum Gasteiger partial charge on any atom is -0.497 e. The van der Waals surface area contributed by atoms with E-state index in [0.29, 0.717) is 17.1 Å². The normalized spacial score (nSPS) is 19.7. The van der Waals surface area contributed by atoms with Gasteiger partial charge in [-0.1, -0.05) is 31.2 Å². The molecule has 3 aliphatic rings. The number of nitrogens with zero attached hydrogens (tertiary/aromatic N) is 4. The Morgan fingerprint density at radius 3 is 2.47 bits per heavy atom. The molecule has 4 aromatic rings. The summed E-state index contributed by atoms with van der Waals surface area (Å²) in [6, 6.07) is 17.0. The van der Waals surface area contributed by atoms with Crippen LogP contribution in [0.4, 0.5) is 0 Å². The number of hydroxylamine groups is 2. The van der Waals surface area contributed by atoms with Crippen LogP contribution >= 0.6 is 0 Å². The van der Waals surface area contributed by atoms with Crippen LogP contribution < -0.4 is 15.0 Å². The van der Waals surface area contributed by atoms with Crippen molar-refractivity contribution in [1.82, 2.24) is 19.3 Å². The number of sulfonamides is 1. The Balaban J connectivity index is 1.15. The number of carbonyl (C=O) groups excluding carboxylic acids is 2. The number of carbonyl (C=O) groups is 2. The number of hydrogen-bond acceptors (Lipinski definition) is 12. The number of ether oxygens (including phenoxy) is 4. The zero-order valence-electron chi connectivity index (χ0n) is 32.6. The summed E-state index contributed by atoms with van der Waals surface area (Å²) >= 11 is 0. The van der Waals surface area contributed by atoms with Crippen LogP contribution in [-0.4, -0.2) is 78.8 Å². The molecule has 3 aliphatic heterocycles. The van der Waals surface area contributed by atoms with Crippen LogP contribution in [0.2, 0.25) is 0 Å². The first-order chi connectivity index (χ1) is 27.0. The fraction of sp³-hybridized carbons (Fsp3) is 0.390. The van der Waals surface area contributed by atoms with Crippen LogP contribution in [0.3, 0.4) is 0 Å². The summed E-state index contributed by atoms with van der Waals surface area (Å²) in [5, 5.41) is 14.8. The first kappa shape index (κ1) is 39.8. The van der Waals surface area contributed by atoms with Gasteiger partial charge in [-0.3, -0.25) is 14.5 Å². The Morgan fingerprint density at radius 2 is 1.79 bits per heavy atom. The predicted octanol–water partition coefficient (Wildman–Crippen LogP) is 4.57. The maximum absolute atomic E-state index is 13.9. The zero-order valence-corrected chi connectivity index (χ0v) is 33.4. The molecule has 1 N–H and O–H groups in total. The minimum atomic E-state index is -4.19. The van der Waals surface area contributed by atoms with Gasteiger partial charge >= 0.3 is 11.9 Å². The number of hydrogen-bond donors (Lipinski definition) is 1. The fourth-order valence-electron chi connectivity index (χ4n) is 7.68. The van der Waals surface area contributed by atoms with Crippen LogP contribution in [0.15, 0.2) is 87.0 Å². The van der Waals surface area contributed by atoms with E-state index < -0.39 is 45.2 Å². The molecule has 15 nitrogen and oxygen atoms in total. The summed E-state index contributed by atoms with van der Waals surface area (Å²) in [5.74, 6) is -1.47. The summed E-state index contributed by atoms with van der Waals surface area (Å²) in [7, 11) is -2.73. The summed E-state index contributed by atoms with van der Waals surface area (Å²) in [4.78, 5) is 50.2. The number of fused-ring (bicyclic) bond motifs is 5. The number of pyridine rings is 2. The Morgan fingerprint density at radius 1 is 1.05 bits per heavy atom. The third-order valence-electron chi connectivity index (χ3n) is 10.8. The Kier molecular flexibility index (Phi) is 10.4. The van der Waals surface area contributed by atoms with Gasteiger partial charge < -0.3 is 23.5 Å². The van der Waals surface area contributed by atoms with Gasteiger partial charge in [-0.2, -0.15) is 0 Å². The molecule has 0 amide bonds. The van der Waals surface area contributed by atoms with E-state index in [1.165, 1.54) is 31.4 Å². The Hall–Kier alpha value is -5.42. The lowest BCUT2D eigenvalue weighted by Crippen LogP contribution is -2.48. The van der Waals surface area contributed by atoms with Gasteiger partial charge in [0.1, 0.15) is 24.7 Å². The summed E-state index contributed by atoms with van der Waals surface area (Å²) < 4.78 is 53.4. The maximum atomic E-state index is 13.9. The molecule has 2 aromatic carbocycles. The highest BCUT2D eigenvalue weighted by Gasteiger charge is 2.50. The van der Waals surface area contributed by atoms with Crippen LogP contribution in [-0.2, 0) is 57.8 Å². The number of cyclic esters (lactones) is 1. The van der Waals surface area contributed by atoms with Crippen LogP contribution in [0.25, 0.3) is 22.3 Å². The molecule has 1 radical (unpaired) electrons. The highest BCUT2D eigenvalue weighted by molar-refractivity contribution is 7.90. The van der Waals surface area contributed by atoms with Crippen molar-refractivity contribution in [1.29, 1.82) is 0 Å². The number of esters is 2. The minimum absolute atomic E-state index is 0.0236. The average molecular weight is 799 g/mol. The number of methoxy groups -OCH3 is 1. The molecule has 0 fully saturated rings. The van der Waals surface area contributed by atoms with Gasteiger partial charge in [-0.05, 0) is 82.2 Å². The standard InChI is InChI=1S/C41H44N5O10S/c1-7-41(31-19-33-36-26(18-25-10-8-9-11-32(25)43-36)22-45(33)37(48)30(31)24-55-38(41)49)56-35(47)21-42-34(44-57(51,52)29-14-12-28(53-6)13-15-29)16-17-54-23-27-20-39(2,3)46(50)40(27,4)5/h8-15,18-20H,7,16-17,21-24H2,1-6H3,(H,42,44)/t41-/m0/s1. The molecule has 0 spiro atoms. The third-order valence-corrected chi connectivity index (χ3v) is 12.2. The zero-order chi connectivity index (χ0) is 40.9. The highest BCUT2D eigenvalue weighted by atomic mass is 32.2. The maximum Gasteiger partial charge on any atom is 0.355 e. The van der Waals surface area contributed by atoms with Gasteiger partial charge in [0.25, 0.3) is 15.6 Å². The van der Waals surface area contributed by atoms with E-state index in [2.05, 4.69) is 9.71 Å². The van der Waals surface area contributed by atoms with Gasteiger partial charge in [-0.15, -0.1) is 10.3 Å². The van der Waals surface area contributed by atoms with Crippen molar-refractivity contribution in [2.75, 3.05) is 26.9 Å². The molecule has 299 valence electrons. The van der Waals surface area contributed by atoms with Crippen LogP contribution in [0, 0.1) is 0 Å². The van der Waals surface area contributed by atoms with Crippen molar-refractivity contribution in [2.45, 2.75) is 82.2 Å². The molecule has 0 unspecified atom stereocenters. The summed E-state index contributed by atoms with van der Waals surface area (Å²) in [6.45, 7) is 8.23. The molecule has 0 saturated carbocycles. The molecule has 57 heavy (non-hydrogen) atoms. The Bertz CT molecular complexity index is 2510. The van der Waals surface area contributed by atoms with Crippen LogP contribution in [0.5, 0.6) is 5.75 Å². The molecule has 0 aliphatic carbocycles. The van der Waals surface area contributed by atoms with E-state index in [9.17, 15) is 28.0 Å². The third kappa shape index (κ3) is 7.22. The number of aromatic nitrogens is 2. The highest BCUT2D eigenvalue weighted by Crippen LogP contribution is 2.41. The summed E-state index contributed by atoms with van der Waals surface area (Å²) in [6.07, 6.45) is 1.72. The molecule has 2 aromatic heterocycles. The average Bonchev–Trinajstić information content (AvgIpc) is 3.62. The SMILES string of the molecule is CC[C@@]1(OC(=O)CN=C(CCOCC2=CC(C)(C)N([O])C2(C)C)NS(=O)(=O)c2ccc(OC)cc2)C(=O)OCc2c1cc1n(c2=O)Cc2cc3ccccc3nc2-1. The largest absolute Gasteiger partial charge is 0.497 e. The first-order valence-corrected chi connectivity index (χ1v) is 20.0. The van der Waals surface area contributed by atoms with E-state index in [-0.39, 0.29) is 66.6 Å². The van der Waals surface area contributed by atoms with Crippen molar-refractivity contribution in [2.24, 2.45) is 4.99 Å². The molecule has 5 heterocycles. The van der Waals surface area contributed by atoms with Gasteiger partial charge in [-0.25, -0.2) is 23.0 Å². The van der Waals surface area contributed by atoms with Crippen LogP contribution in [0.1, 0.15) is 64.2 Å². The second-order valence-electron chi connectivity index (χ2n) is 15.3. The molecular formula is C41H44N5O10S. The molecule has 16 heteroatoms. The number of rotatable bonds is 12. The van der Waals surface area contributed by atoms with Crippen molar-refractivity contribution < 1.29 is 42.2 Å². The van der Waals surface area contributed by atoms with Crippen molar-refractivity contribution in [3.05, 3.63) is 99.4 Å². The second kappa shape index (κ2) is 14.8. The fourth-order valence-corrected chi connectivity index (χ4v) is 8.77. The van der Waals surface area contributed by atoms with Crippen molar-refractivity contribution in [3.63, 3.8) is 0 Å². The number of amidine groups is 1. The lowest BCUT2D eigenvalue weighted by atomic mass is 9.85. The molecule has 7 rings (SSSR count). The predicted molar refractivity (Wildman–Crippen MR) is 208 cm³/mol. The van der Waals surface area contributed by atoms with Crippen molar-refractivity contribution in [3.8, 4) is 17.1 Å². The monoisotopic (exact) mass is 798 g/mol. The van der Waals surface area contributed by atoms with E-state index in [4.69, 9.17) is 23.9 Å². The molecule has 1 atom stereocenters. The molecular weight excluding hydrogens is 755 g/mol. The lowest BCUT2D eigenvalue weighted by Gasteiger charge is -2.35. The number of para-hydroxylation sites is 1. The van der Waals surface area contributed by atoms with E-state index in [1.807, 2.05) is 50.3 Å². The number of benzene rings is 2. The van der Waals surface area contributed by atoms with Gasteiger partial charge in [0.2, 0.25) is 5.60 Å². The van der Waals surface area contributed by atoms with E-state index in [1.54, 1.807) is 31.4 Å². The summed E-state index contributed by atoms with van der Waals surface area (Å²) in [5.41, 5.74) is -0.101. The number of nitrogens with one attached hydrogen (secondary N) is 1. The number of aliphatic imine (C=N–C) groups is 1. The lowest BCUT2D eigenvalue weighted by molar-refractivity contribution is -0.239. The molecule has 0 bridgehead atoms. The van der Waals surface area contributed by atoms with Gasteiger partial charge in [0.15, 0.2) is 0 Å². The topological polar surface area (TPSA) is 188 Å². The smallest absolute Gasteiger partial charge is 0.355 e. The van der Waals surface area contributed by atoms with Crippen molar-refractivity contribution >= 4 is 38.7 Å². The van der Waals surface area contributed by atoms with E-state index >= 15 is 0 Å². The van der Waals surface area contributed by atoms with E-state index in [0.717, 1.165) is 27.1 Å². The van der Waals surface area contributed by atoms with Gasteiger partial charge in [0, 0.05) is 22.9 Å².